The molecule has 0 aromatic rings. The minimum absolute atomic E-state index is 0.187. The van der Waals surface area contributed by atoms with Crippen molar-refractivity contribution in [1.29, 1.82) is 0 Å². The molecular formula is C7H13NO3. The zero-order valence-electron chi connectivity index (χ0n) is 6.32. The molecule has 64 valence electrons. The number of aliphatic hydroxyl groups excluding tert-OH is 1. The number of hydrogen-bond acceptors (Lipinski definition) is 4. The van der Waals surface area contributed by atoms with Crippen LogP contribution in [0.25, 0.3) is 0 Å². The first kappa shape index (κ1) is 7.49. The van der Waals surface area contributed by atoms with Gasteiger partial charge in [-0.1, -0.05) is 0 Å². The van der Waals surface area contributed by atoms with Gasteiger partial charge in [-0.15, -0.1) is 0 Å². The van der Waals surface area contributed by atoms with Crippen LogP contribution in [0.1, 0.15) is 12.8 Å². The Morgan fingerprint density at radius 3 is 2.36 bits per heavy atom. The summed E-state index contributed by atoms with van der Waals surface area (Å²) >= 11 is 0. The lowest BCUT2D eigenvalue weighted by atomic mass is 10.2. The molecule has 0 aromatic carbocycles. The molecule has 2 atom stereocenters. The minimum Gasteiger partial charge on any atom is -0.391 e. The third kappa shape index (κ3) is 1.16. The van der Waals surface area contributed by atoms with Crippen molar-refractivity contribution in [2.75, 3.05) is 13.2 Å². The van der Waals surface area contributed by atoms with Crippen molar-refractivity contribution in [2.45, 2.75) is 30.8 Å². The predicted octanol–water partition coefficient (Wildman–Crippen LogP) is -0.789. The fourth-order valence-electron chi connectivity index (χ4n) is 1.78. The number of rotatable bonds is 0. The molecule has 0 amide bonds. The molecule has 3 N–H and O–H groups in total. The van der Waals surface area contributed by atoms with E-state index in [9.17, 15) is 5.11 Å². The second-order valence-corrected chi connectivity index (χ2v) is 3.25. The van der Waals surface area contributed by atoms with Crippen molar-refractivity contribution in [1.82, 2.24) is 0 Å². The van der Waals surface area contributed by atoms with E-state index in [0.717, 1.165) is 0 Å². The maximum absolute atomic E-state index is 9.34. The lowest BCUT2D eigenvalue weighted by Gasteiger charge is -2.20. The molecule has 4 heteroatoms. The second-order valence-electron chi connectivity index (χ2n) is 3.25. The molecule has 0 aromatic heterocycles. The average molecular weight is 159 g/mol. The normalized spacial score (nSPS) is 42.0. The van der Waals surface area contributed by atoms with Crippen LogP contribution >= 0.6 is 0 Å². The smallest absolute Gasteiger partial charge is 0.172 e. The predicted molar refractivity (Wildman–Crippen MR) is 37.9 cm³/mol. The Hall–Kier alpha value is -0.160. The van der Waals surface area contributed by atoms with E-state index in [4.69, 9.17) is 15.2 Å². The molecule has 11 heavy (non-hydrogen) atoms. The van der Waals surface area contributed by atoms with Gasteiger partial charge in [0, 0.05) is 18.9 Å². The molecule has 2 aliphatic rings. The van der Waals surface area contributed by atoms with E-state index in [0.29, 0.717) is 26.1 Å². The van der Waals surface area contributed by atoms with Crippen LogP contribution in [0.5, 0.6) is 0 Å². The molecule has 2 fully saturated rings. The van der Waals surface area contributed by atoms with Crippen LogP contribution in [0.15, 0.2) is 0 Å². The SMILES string of the molecule is N[C@H]1CC2(C[C@@H]1O)OCCO2. The van der Waals surface area contributed by atoms with Crippen LogP contribution in [-0.2, 0) is 9.47 Å². The number of hydrogen-bond donors (Lipinski definition) is 2. The lowest BCUT2D eigenvalue weighted by Crippen LogP contribution is -2.29. The fraction of sp³-hybridized carbons (Fsp3) is 1.00. The topological polar surface area (TPSA) is 64.7 Å². The van der Waals surface area contributed by atoms with E-state index in [-0.39, 0.29) is 6.04 Å². The molecule has 4 nitrogen and oxygen atoms in total. The van der Waals surface area contributed by atoms with Gasteiger partial charge in [0.2, 0.25) is 0 Å². The van der Waals surface area contributed by atoms with Crippen molar-refractivity contribution in [3.05, 3.63) is 0 Å². The first-order valence-corrected chi connectivity index (χ1v) is 3.93. The highest BCUT2D eigenvalue weighted by atomic mass is 16.7. The van der Waals surface area contributed by atoms with Gasteiger partial charge >= 0.3 is 0 Å². The zero-order chi connectivity index (χ0) is 7.90. The first-order valence-electron chi connectivity index (χ1n) is 3.93. The van der Waals surface area contributed by atoms with Gasteiger partial charge in [0.1, 0.15) is 0 Å². The van der Waals surface area contributed by atoms with Crippen LogP contribution in [0.3, 0.4) is 0 Å². The molecule has 1 saturated heterocycles. The maximum Gasteiger partial charge on any atom is 0.172 e. The second kappa shape index (κ2) is 2.42. The molecule has 0 radical (unpaired) electrons. The van der Waals surface area contributed by atoms with Crippen LogP contribution in [0.4, 0.5) is 0 Å². The molecule has 1 aliphatic heterocycles. The Balaban J connectivity index is 2.06. The van der Waals surface area contributed by atoms with E-state index < -0.39 is 11.9 Å². The molecule has 1 heterocycles. The first-order chi connectivity index (χ1) is 5.22. The molecule has 1 aliphatic carbocycles. The van der Waals surface area contributed by atoms with Gasteiger partial charge in [0.25, 0.3) is 0 Å². The van der Waals surface area contributed by atoms with E-state index in [2.05, 4.69) is 0 Å². The Morgan fingerprint density at radius 1 is 1.27 bits per heavy atom. The summed E-state index contributed by atoms with van der Waals surface area (Å²) in [4.78, 5) is 0. The van der Waals surface area contributed by atoms with Gasteiger partial charge in [0.15, 0.2) is 5.79 Å². The Labute approximate surface area is 65.3 Å². The summed E-state index contributed by atoms with van der Waals surface area (Å²) in [5.41, 5.74) is 5.62. The summed E-state index contributed by atoms with van der Waals surface area (Å²) in [5, 5.41) is 9.34. The standard InChI is InChI=1S/C7H13NO3/c8-5-3-7(4-6(5)9)10-1-2-11-7/h5-6,9H,1-4,8H2/t5-,6-/m0/s1. The van der Waals surface area contributed by atoms with Crippen LogP contribution < -0.4 is 5.73 Å². The molecule has 1 saturated carbocycles. The van der Waals surface area contributed by atoms with Crippen LogP contribution in [-0.4, -0.2) is 36.3 Å². The fourth-order valence-corrected chi connectivity index (χ4v) is 1.78. The third-order valence-electron chi connectivity index (χ3n) is 2.37. The molecule has 0 unspecified atom stereocenters. The molecule has 0 bridgehead atoms. The van der Waals surface area contributed by atoms with Crippen molar-refractivity contribution in [2.24, 2.45) is 5.73 Å². The number of ether oxygens (including phenoxy) is 2. The van der Waals surface area contributed by atoms with Gasteiger partial charge in [-0.2, -0.15) is 0 Å². The minimum atomic E-state index is -0.543. The molecule has 2 rings (SSSR count). The van der Waals surface area contributed by atoms with Gasteiger partial charge in [-0.05, 0) is 0 Å². The lowest BCUT2D eigenvalue weighted by molar-refractivity contribution is -0.155. The van der Waals surface area contributed by atoms with Gasteiger partial charge < -0.3 is 20.3 Å². The summed E-state index contributed by atoms with van der Waals surface area (Å²) in [6, 6.07) is -0.187. The summed E-state index contributed by atoms with van der Waals surface area (Å²) in [6.45, 7) is 1.25. The highest BCUT2D eigenvalue weighted by Crippen LogP contribution is 2.36. The number of nitrogens with two attached hydrogens (primary N) is 1. The summed E-state index contributed by atoms with van der Waals surface area (Å²) in [6.07, 6.45) is 0.676. The number of aliphatic hydroxyl groups is 1. The Bertz CT molecular complexity index is 144. The van der Waals surface area contributed by atoms with E-state index in [1.54, 1.807) is 0 Å². The van der Waals surface area contributed by atoms with Gasteiger partial charge in [0.05, 0.1) is 19.3 Å². The van der Waals surface area contributed by atoms with Crippen molar-refractivity contribution in [3.63, 3.8) is 0 Å². The third-order valence-corrected chi connectivity index (χ3v) is 2.37. The van der Waals surface area contributed by atoms with Gasteiger partial charge in [-0.3, -0.25) is 0 Å². The van der Waals surface area contributed by atoms with E-state index in [1.807, 2.05) is 0 Å². The van der Waals surface area contributed by atoms with Crippen molar-refractivity contribution < 1.29 is 14.6 Å². The van der Waals surface area contributed by atoms with Crippen LogP contribution in [0, 0.1) is 0 Å². The average Bonchev–Trinajstić information content (AvgIpc) is 2.46. The Kier molecular flexibility index (Phi) is 1.64. The maximum atomic E-state index is 9.34. The largest absolute Gasteiger partial charge is 0.391 e. The zero-order valence-corrected chi connectivity index (χ0v) is 6.32. The molecular weight excluding hydrogens is 146 g/mol. The summed E-state index contributed by atoms with van der Waals surface area (Å²) < 4.78 is 10.8. The van der Waals surface area contributed by atoms with E-state index in [1.165, 1.54) is 0 Å². The summed E-state index contributed by atoms with van der Waals surface area (Å²) in [7, 11) is 0. The van der Waals surface area contributed by atoms with Gasteiger partial charge in [-0.25, -0.2) is 0 Å². The van der Waals surface area contributed by atoms with E-state index >= 15 is 0 Å². The monoisotopic (exact) mass is 159 g/mol. The Morgan fingerprint density at radius 2 is 1.91 bits per heavy atom. The van der Waals surface area contributed by atoms with Crippen LogP contribution in [0.2, 0.25) is 0 Å². The van der Waals surface area contributed by atoms with Crippen molar-refractivity contribution >= 4 is 0 Å². The highest BCUT2D eigenvalue weighted by Gasteiger charge is 2.47. The summed E-state index contributed by atoms with van der Waals surface area (Å²) in [5.74, 6) is -0.543. The molecule has 1 spiro atoms. The quantitative estimate of drug-likeness (QED) is 0.486. The highest BCUT2D eigenvalue weighted by molar-refractivity contribution is 4.94. The van der Waals surface area contributed by atoms with Crippen molar-refractivity contribution in [3.8, 4) is 0 Å².